The van der Waals surface area contributed by atoms with Crippen LogP contribution in [0.25, 0.3) is 0 Å². The van der Waals surface area contributed by atoms with Gasteiger partial charge in [0.1, 0.15) is 0 Å². The highest BCUT2D eigenvalue weighted by Gasteiger charge is 2.40. The van der Waals surface area contributed by atoms with Gasteiger partial charge in [-0.15, -0.1) is 0 Å². The fraction of sp³-hybridized carbons (Fsp3) is 0.545. The van der Waals surface area contributed by atoms with Gasteiger partial charge in [0, 0.05) is 18.0 Å². The molecule has 1 rings (SSSR count). The third-order valence-corrected chi connectivity index (χ3v) is 2.80. The van der Waals surface area contributed by atoms with Crippen LogP contribution in [0.15, 0.2) is 18.5 Å². The van der Waals surface area contributed by atoms with E-state index in [4.69, 9.17) is 0 Å². The highest BCUT2D eigenvalue weighted by Crippen LogP contribution is 2.38. The Balaban J connectivity index is 3.35. The highest BCUT2D eigenvalue weighted by atomic mass is 19.4. The lowest BCUT2D eigenvalue weighted by molar-refractivity contribution is -0.141. The molecule has 0 bridgehead atoms. The Hall–Kier alpha value is -1.10. The van der Waals surface area contributed by atoms with Gasteiger partial charge in [-0.3, -0.25) is 4.98 Å². The number of alkyl halides is 3. The van der Waals surface area contributed by atoms with Crippen LogP contribution in [0.3, 0.4) is 0 Å². The van der Waals surface area contributed by atoms with Crippen LogP contribution in [-0.4, -0.2) is 10.1 Å². The second kappa shape index (κ2) is 4.05. The Labute approximate surface area is 92.1 Å². The lowest BCUT2D eigenvalue weighted by Gasteiger charge is -2.30. The summed E-state index contributed by atoms with van der Waals surface area (Å²) in [5, 5.41) is 10.1. The molecule has 5 heteroatoms. The van der Waals surface area contributed by atoms with Crippen molar-refractivity contribution < 1.29 is 18.3 Å². The zero-order valence-electron chi connectivity index (χ0n) is 9.34. The molecule has 1 aromatic rings. The smallest absolute Gasteiger partial charge is 0.385 e. The normalized spacial score (nSPS) is 16.2. The van der Waals surface area contributed by atoms with Gasteiger partial charge in [-0.25, -0.2) is 0 Å². The molecular formula is C11H14F3NO. The molecule has 0 radical (unpaired) electrons. The standard InChI is InChI=1S/C11H14F3NO/c1-7(2)10(3,16)9-6-15-5-4-8(9)11(12,13)14/h4-7,16H,1-3H3. The molecule has 0 saturated heterocycles. The molecule has 90 valence electrons. The van der Waals surface area contributed by atoms with E-state index in [9.17, 15) is 18.3 Å². The molecule has 0 fully saturated rings. The summed E-state index contributed by atoms with van der Waals surface area (Å²) in [5.41, 5.74) is -2.56. The van der Waals surface area contributed by atoms with E-state index >= 15 is 0 Å². The zero-order chi connectivity index (χ0) is 12.6. The van der Waals surface area contributed by atoms with Crippen molar-refractivity contribution in [3.05, 3.63) is 29.6 Å². The average molecular weight is 233 g/mol. The van der Waals surface area contributed by atoms with Crippen LogP contribution in [-0.2, 0) is 11.8 Å². The van der Waals surface area contributed by atoms with Crippen LogP contribution in [0.1, 0.15) is 31.9 Å². The topological polar surface area (TPSA) is 33.1 Å². The van der Waals surface area contributed by atoms with E-state index in [-0.39, 0.29) is 11.5 Å². The van der Waals surface area contributed by atoms with Gasteiger partial charge >= 0.3 is 6.18 Å². The van der Waals surface area contributed by atoms with Crippen molar-refractivity contribution in [2.75, 3.05) is 0 Å². The van der Waals surface area contributed by atoms with E-state index in [2.05, 4.69) is 4.98 Å². The second-order valence-electron chi connectivity index (χ2n) is 4.22. The molecule has 1 N–H and O–H groups in total. The molecule has 0 amide bonds. The maximum atomic E-state index is 12.7. The lowest BCUT2D eigenvalue weighted by atomic mass is 9.83. The summed E-state index contributed by atoms with van der Waals surface area (Å²) in [4.78, 5) is 3.65. The molecule has 0 spiro atoms. The van der Waals surface area contributed by atoms with Crippen LogP contribution in [0.2, 0.25) is 0 Å². The summed E-state index contributed by atoms with van der Waals surface area (Å²) in [6, 6.07) is 0.881. The van der Waals surface area contributed by atoms with Gasteiger partial charge in [-0.05, 0) is 18.9 Å². The third-order valence-electron chi connectivity index (χ3n) is 2.80. The van der Waals surface area contributed by atoms with Crippen molar-refractivity contribution in [3.8, 4) is 0 Å². The van der Waals surface area contributed by atoms with Gasteiger partial charge < -0.3 is 5.11 Å². The summed E-state index contributed by atoms with van der Waals surface area (Å²) >= 11 is 0. The van der Waals surface area contributed by atoms with Gasteiger partial charge in [0.15, 0.2) is 0 Å². The highest BCUT2D eigenvalue weighted by molar-refractivity contribution is 5.31. The minimum Gasteiger partial charge on any atom is -0.385 e. The van der Waals surface area contributed by atoms with Crippen molar-refractivity contribution in [2.24, 2.45) is 5.92 Å². The van der Waals surface area contributed by atoms with Crippen LogP contribution >= 0.6 is 0 Å². The van der Waals surface area contributed by atoms with Crippen LogP contribution in [0, 0.1) is 5.92 Å². The Morgan fingerprint density at radius 2 is 1.81 bits per heavy atom. The fourth-order valence-electron chi connectivity index (χ4n) is 1.36. The minimum absolute atomic E-state index is 0.183. The lowest BCUT2D eigenvalue weighted by Crippen LogP contribution is -2.31. The second-order valence-corrected chi connectivity index (χ2v) is 4.22. The van der Waals surface area contributed by atoms with Gasteiger partial charge in [-0.1, -0.05) is 13.8 Å². The Morgan fingerprint density at radius 3 is 2.25 bits per heavy atom. The Kier molecular flexibility index (Phi) is 3.28. The fourth-order valence-corrected chi connectivity index (χ4v) is 1.36. The van der Waals surface area contributed by atoms with Crippen molar-refractivity contribution in [1.82, 2.24) is 4.98 Å². The molecular weight excluding hydrogens is 219 g/mol. The minimum atomic E-state index is -4.48. The summed E-state index contributed by atoms with van der Waals surface area (Å²) in [5.74, 6) is -0.335. The van der Waals surface area contributed by atoms with Crippen LogP contribution in [0.5, 0.6) is 0 Å². The molecule has 16 heavy (non-hydrogen) atoms. The maximum absolute atomic E-state index is 12.7. The van der Waals surface area contributed by atoms with Crippen molar-refractivity contribution in [2.45, 2.75) is 32.5 Å². The van der Waals surface area contributed by atoms with Gasteiger partial charge in [-0.2, -0.15) is 13.2 Å². The monoisotopic (exact) mass is 233 g/mol. The number of halogens is 3. The third kappa shape index (κ3) is 2.35. The maximum Gasteiger partial charge on any atom is 0.416 e. The predicted octanol–water partition coefficient (Wildman–Crippen LogP) is 2.96. The van der Waals surface area contributed by atoms with E-state index < -0.39 is 17.3 Å². The number of nitrogens with zero attached hydrogens (tertiary/aromatic N) is 1. The zero-order valence-corrected chi connectivity index (χ0v) is 9.34. The Bertz CT molecular complexity index is 372. The summed E-state index contributed by atoms with van der Waals surface area (Å²) in [7, 11) is 0. The summed E-state index contributed by atoms with van der Waals surface area (Å²) in [6.45, 7) is 4.68. The average Bonchev–Trinajstić information content (AvgIpc) is 2.16. The van der Waals surface area contributed by atoms with E-state index in [1.807, 2.05) is 0 Å². The van der Waals surface area contributed by atoms with Crippen molar-refractivity contribution >= 4 is 0 Å². The first-order valence-corrected chi connectivity index (χ1v) is 4.91. The first kappa shape index (κ1) is 13.0. The van der Waals surface area contributed by atoms with Gasteiger partial charge in [0.05, 0.1) is 11.2 Å². The molecule has 1 heterocycles. The summed E-state index contributed by atoms with van der Waals surface area (Å²) in [6.07, 6.45) is -2.33. The molecule has 1 aromatic heterocycles. The van der Waals surface area contributed by atoms with E-state index in [0.29, 0.717) is 0 Å². The van der Waals surface area contributed by atoms with Crippen molar-refractivity contribution in [1.29, 1.82) is 0 Å². The molecule has 0 saturated carbocycles. The number of aliphatic hydroxyl groups is 1. The van der Waals surface area contributed by atoms with Gasteiger partial charge in [0.2, 0.25) is 0 Å². The molecule has 2 nitrogen and oxygen atoms in total. The van der Waals surface area contributed by atoms with Gasteiger partial charge in [0.25, 0.3) is 0 Å². The SMILES string of the molecule is CC(C)C(C)(O)c1cnccc1C(F)(F)F. The largest absolute Gasteiger partial charge is 0.416 e. The molecule has 1 unspecified atom stereocenters. The number of hydrogen-bond acceptors (Lipinski definition) is 2. The van der Waals surface area contributed by atoms with Crippen LogP contribution in [0.4, 0.5) is 13.2 Å². The number of rotatable bonds is 2. The molecule has 0 aliphatic carbocycles. The number of hydrogen-bond donors (Lipinski definition) is 1. The molecule has 0 aliphatic heterocycles. The molecule has 0 aromatic carbocycles. The van der Waals surface area contributed by atoms with E-state index in [1.54, 1.807) is 13.8 Å². The number of pyridine rings is 1. The number of aromatic nitrogens is 1. The summed E-state index contributed by atoms with van der Waals surface area (Å²) < 4.78 is 38.1. The Morgan fingerprint density at radius 1 is 1.25 bits per heavy atom. The quantitative estimate of drug-likeness (QED) is 0.851. The van der Waals surface area contributed by atoms with Crippen molar-refractivity contribution in [3.63, 3.8) is 0 Å². The van der Waals surface area contributed by atoms with E-state index in [1.165, 1.54) is 6.92 Å². The molecule has 1 atom stereocenters. The first-order valence-electron chi connectivity index (χ1n) is 4.91. The van der Waals surface area contributed by atoms with Crippen LogP contribution < -0.4 is 0 Å². The first-order chi connectivity index (χ1) is 7.17. The van der Waals surface area contributed by atoms with E-state index in [0.717, 1.165) is 18.5 Å². The molecule has 0 aliphatic rings. The predicted molar refractivity (Wildman–Crippen MR) is 53.6 cm³/mol.